The largest absolute Gasteiger partial charge is 0.341 e. The summed E-state index contributed by atoms with van der Waals surface area (Å²) in [6, 6.07) is -0.444. The molecular formula is C11H22N2O2S. The predicted molar refractivity (Wildman–Crippen MR) is 68.7 cm³/mol. The average Bonchev–Trinajstić information content (AvgIpc) is 2.31. The van der Waals surface area contributed by atoms with Crippen LogP contribution in [0.1, 0.15) is 40.0 Å². The number of urea groups is 1. The Morgan fingerprint density at radius 2 is 1.62 bits per heavy atom. The molecule has 16 heavy (non-hydrogen) atoms. The van der Waals surface area contributed by atoms with Gasteiger partial charge in [-0.25, -0.2) is 4.79 Å². The van der Waals surface area contributed by atoms with Gasteiger partial charge in [0.1, 0.15) is 0 Å². The molecule has 0 aliphatic carbocycles. The number of rotatable bonds is 6. The van der Waals surface area contributed by atoms with E-state index in [4.69, 9.17) is 0 Å². The number of imide groups is 1. The van der Waals surface area contributed by atoms with Crippen LogP contribution in [0.4, 0.5) is 4.79 Å². The summed E-state index contributed by atoms with van der Waals surface area (Å²) in [5, 5.41) is 4.62. The lowest BCUT2D eigenvalue weighted by Gasteiger charge is -2.29. The van der Waals surface area contributed by atoms with E-state index in [0.717, 1.165) is 19.3 Å². The topological polar surface area (TPSA) is 58.2 Å². The normalized spacial score (nSPS) is 11.0. The van der Waals surface area contributed by atoms with Gasteiger partial charge in [0, 0.05) is 11.8 Å². The third kappa shape index (κ3) is 4.88. The second-order valence-corrected chi connectivity index (χ2v) is 5.10. The highest BCUT2D eigenvalue weighted by Crippen LogP contribution is 2.35. The van der Waals surface area contributed by atoms with E-state index >= 15 is 0 Å². The standard InChI is InChI=1S/C11H22N2O2S/c1-5-11(6-2,7-3)16-8-9(14)13-10(15)12-4/h5-8H2,1-4H3,(H2,12,13,14,15). The van der Waals surface area contributed by atoms with Crippen molar-refractivity contribution in [1.29, 1.82) is 0 Å². The summed E-state index contributed by atoms with van der Waals surface area (Å²) >= 11 is 1.64. The van der Waals surface area contributed by atoms with Crippen LogP contribution >= 0.6 is 11.8 Å². The summed E-state index contributed by atoms with van der Waals surface area (Å²) in [6.45, 7) is 6.41. The lowest BCUT2D eigenvalue weighted by atomic mass is 9.99. The molecule has 0 rings (SSSR count). The minimum atomic E-state index is -0.444. The molecular weight excluding hydrogens is 224 g/mol. The van der Waals surface area contributed by atoms with Crippen molar-refractivity contribution < 1.29 is 9.59 Å². The zero-order valence-electron chi connectivity index (χ0n) is 10.6. The molecule has 3 amide bonds. The van der Waals surface area contributed by atoms with Crippen LogP contribution in [0, 0.1) is 0 Å². The number of carbonyl (C=O) groups excluding carboxylic acids is 2. The molecule has 0 aliphatic rings. The van der Waals surface area contributed by atoms with E-state index in [2.05, 4.69) is 31.4 Å². The van der Waals surface area contributed by atoms with Gasteiger partial charge in [0.25, 0.3) is 0 Å². The third-order valence-corrected chi connectivity index (χ3v) is 4.81. The molecule has 4 nitrogen and oxygen atoms in total. The average molecular weight is 246 g/mol. The first-order valence-electron chi connectivity index (χ1n) is 5.69. The molecule has 0 aromatic rings. The van der Waals surface area contributed by atoms with Crippen LogP contribution < -0.4 is 10.6 Å². The number of carbonyl (C=O) groups is 2. The Kier molecular flexibility index (Phi) is 7.21. The lowest BCUT2D eigenvalue weighted by molar-refractivity contribution is -0.117. The van der Waals surface area contributed by atoms with E-state index in [1.807, 2.05) is 0 Å². The number of thioether (sulfide) groups is 1. The number of nitrogens with one attached hydrogen (secondary N) is 2. The molecule has 0 radical (unpaired) electrons. The fourth-order valence-corrected chi connectivity index (χ4v) is 2.62. The summed E-state index contributed by atoms with van der Waals surface area (Å²) in [6.07, 6.45) is 3.12. The van der Waals surface area contributed by atoms with Crippen LogP contribution in [0.2, 0.25) is 0 Å². The van der Waals surface area contributed by atoms with Crippen LogP contribution in [0.3, 0.4) is 0 Å². The molecule has 0 bridgehead atoms. The van der Waals surface area contributed by atoms with Crippen molar-refractivity contribution in [2.75, 3.05) is 12.8 Å². The van der Waals surface area contributed by atoms with Gasteiger partial charge >= 0.3 is 6.03 Å². The van der Waals surface area contributed by atoms with Crippen LogP contribution in [0.5, 0.6) is 0 Å². The summed E-state index contributed by atoms with van der Waals surface area (Å²) in [5.41, 5.74) is 0. The van der Waals surface area contributed by atoms with E-state index in [1.165, 1.54) is 7.05 Å². The predicted octanol–water partition coefficient (Wildman–Crippen LogP) is 2.14. The van der Waals surface area contributed by atoms with Gasteiger partial charge in [-0.05, 0) is 19.3 Å². The second-order valence-electron chi connectivity index (χ2n) is 3.66. The van der Waals surface area contributed by atoms with Crippen LogP contribution in [0.25, 0.3) is 0 Å². The third-order valence-electron chi connectivity index (χ3n) is 2.92. The minimum Gasteiger partial charge on any atom is -0.341 e. The Bertz CT molecular complexity index is 232. The van der Waals surface area contributed by atoms with Crippen molar-refractivity contribution in [2.45, 2.75) is 44.8 Å². The van der Waals surface area contributed by atoms with Gasteiger partial charge in [-0.1, -0.05) is 20.8 Å². The molecule has 2 N–H and O–H groups in total. The highest BCUT2D eigenvalue weighted by atomic mass is 32.2. The van der Waals surface area contributed by atoms with Gasteiger partial charge in [-0.3, -0.25) is 10.1 Å². The van der Waals surface area contributed by atoms with Gasteiger partial charge in [-0.15, -0.1) is 11.8 Å². The van der Waals surface area contributed by atoms with Gasteiger partial charge in [-0.2, -0.15) is 0 Å². The van der Waals surface area contributed by atoms with Crippen molar-refractivity contribution in [2.24, 2.45) is 0 Å². The molecule has 0 heterocycles. The summed E-state index contributed by atoms with van der Waals surface area (Å²) < 4.78 is 0.167. The molecule has 0 aliphatic heterocycles. The van der Waals surface area contributed by atoms with Crippen LogP contribution in [-0.4, -0.2) is 29.5 Å². The number of hydrogen-bond donors (Lipinski definition) is 2. The molecule has 0 spiro atoms. The number of hydrogen-bond acceptors (Lipinski definition) is 3. The summed E-state index contributed by atoms with van der Waals surface area (Å²) in [4.78, 5) is 22.3. The van der Waals surface area contributed by atoms with Gasteiger partial charge in [0.15, 0.2) is 0 Å². The van der Waals surface area contributed by atoms with Crippen LogP contribution in [0.15, 0.2) is 0 Å². The second kappa shape index (κ2) is 7.54. The molecule has 94 valence electrons. The van der Waals surface area contributed by atoms with E-state index in [9.17, 15) is 9.59 Å². The van der Waals surface area contributed by atoms with Gasteiger partial charge in [0.2, 0.25) is 5.91 Å². The Morgan fingerprint density at radius 3 is 2.00 bits per heavy atom. The van der Waals surface area contributed by atoms with Crippen molar-refractivity contribution in [1.82, 2.24) is 10.6 Å². The zero-order chi connectivity index (χ0) is 12.6. The van der Waals surface area contributed by atoms with E-state index in [0.29, 0.717) is 5.75 Å². The minimum absolute atomic E-state index is 0.167. The summed E-state index contributed by atoms with van der Waals surface area (Å²) in [5.74, 6) is 0.104. The van der Waals surface area contributed by atoms with Crippen LogP contribution in [-0.2, 0) is 4.79 Å². The fourth-order valence-electron chi connectivity index (χ4n) is 1.50. The quantitative estimate of drug-likeness (QED) is 0.755. The van der Waals surface area contributed by atoms with Crippen molar-refractivity contribution >= 4 is 23.7 Å². The maximum Gasteiger partial charge on any atom is 0.321 e. The molecule has 0 atom stereocenters. The first kappa shape index (κ1) is 15.3. The Morgan fingerprint density at radius 1 is 1.12 bits per heavy atom. The van der Waals surface area contributed by atoms with E-state index in [1.54, 1.807) is 11.8 Å². The smallest absolute Gasteiger partial charge is 0.321 e. The first-order valence-corrected chi connectivity index (χ1v) is 6.67. The van der Waals surface area contributed by atoms with Gasteiger partial charge < -0.3 is 5.32 Å². The van der Waals surface area contributed by atoms with Crippen molar-refractivity contribution in [3.63, 3.8) is 0 Å². The van der Waals surface area contributed by atoms with Gasteiger partial charge in [0.05, 0.1) is 5.75 Å². The molecule has 0 fully saturated rings. The maximum absolute atomic E-state index is 11.4. The first-order chi connectivity index (χ1) is 7.53. The lowest BCUT2D eigenvalue weighted by Crippen LogP contribution is -2.39. The molecule has 0 aromatic carbocycles. The molecule has 0 unspecified atom stereocenters. The molecule has 0 saturated carbocycles. The molecule has 0 aromatic heterocycles. The molecule has 0 saturated heterocycles. The fraction of sp³-hybridized carbons (Fsp3) is 0.818. The highest BCUT2D eigenvalue weighted by Gasteiger charge is 2.25. The Hall–Kier alpha value is -0.710. The van der Waals surface area contributed by atoms with E-state index in [-0.39, 0.29) is 10.7 Å². The Labute approximate surface area is 102 Å². The highest BCUT2D eigenvalue weighted by molar-refractivity contribution is 8.01. The monoisotopic (exact) mass is 246 g/mol. The summed E-state index contributed by atoms with van der Waals surface area (Å²) in [7, 11) is 1.49. The van der Waals surface area contributed by atoms with Crippen molar-refractivity contribution in [3.05, 3.63) is 0 Å². The SMILES string of the molecule is CCC(CC)(CC)SCC(=O)NC(=O)NC. The molecule has 5 heteroatoms. The zero-order valence-corrected chi connectivity index (χ0v) is 11.4. The Balaban J connectivity index is 4.11. The number of amides is 3. The van der Waals surface area contributed by atoms with E-state index < -0.39 is 6.03 Å². The maximum atomic E-state index is 11.4. The van der Waals surface area contributed by atoms with Crippen molar-refractivity contribution in [3.8, 4) is 0 Å².